The maximum atomic E-state index is 12.6. The number of aliphatic hydroxyl groups is 2. The molecule has 4 saturated carbocycles. The first-order valence-corrected chi connectivity index (χ1v) is 16.4. The quantitative estimate of drug-likeness (QED) is 0.324. The minimum absolute atomic E-state index is 0.0936. The van der Waals surface area contributed by atoms with Gasteiger partial charge in [-0.25, -0.2) is 0 Å². The molecule has 0 bridgehead atoms. The number of benzene rings is 1. The van der Waals surface area contributed by atoms with Gasteiger partial charge >= 0.3 is 5.97 Å². The molecule has 5 rings (SSSR count). The molecule has 4 aliphatic carbocycles. The molecule has 6 nitrogen and oxygen atoms in total. The van der Waals surface area contributed by atoms with Gasteiger partial charge in [0.25, 0.3) is 0 Å². The van der Waals surface area contributed by atoms with Gasteiger partial charge in [0.05, 0.1) is 12.2 Å². The highest BCUT2D eigenvalue weighted by atomic mass is 16.5. The average Bonchev–Trinajstić information content (AvgIpc) is 3.32. The van der Waals surface area contributed by atoms with E-state index in [0.717, 1.165) is 37.7 Å². The van der Waals surface area contributed by atoms with Crippen LogP contribution in [-0.2, 0) is 20.9 Å². The number of aliphatic hydroxyl groups excluding tert-OH is 2. The summed E-state index contributed by atoms with van der Waals surface area (Å²) in [5.41, 5.74) is 1.33. The molecule has 0 aliphatic heterocycles. The van der Waals surface area contributed by atoms with Crippen molar-refractivity contribution in [2.24, 2.45) is 52.3 Å². The Morgan fingerprint density at radius 3 is 2.44 bits per heavy atom. The molecule has 228 valence electrons. The molecular formula is C35H53NO5. The molecule has 41 heavy (non-hydrogen) atoms. The lowest BCUT2D eigenvalue weighted by Crippen LogP contribution is -2.62. The average molecular weight is 568 g/mol. The predicted molar refractivity (Wildman–Crippen MR) is 159 cm³/mol. The van der Waals surface area contributed by atoms with Crippen LogP contribution < -0.4 is 5.32 Å². The molecule has 11 atom stereocenters. The van der Waals surface area contributed by atoms with E-state index in [-0.39, 0.29) is 48.0 Å². The normalized spacial score (nSPS) is 40.5. The molecule has 4 fully saturated rings. The van der Waals surface area contributed by atoms with Crippen molar-refractivity contribution < 1.29 is 24.5 Å². The fourth-order valence-electron chi connectivity index (χ4n) is 10.5. The molecule has 0 spiro atoms. The van der Waals surface area contributed by atoms with Crippen LogP contribution in [0.4, 0.5) is 0 Å². The van der Waals surface area contributed by atoms with E-state index in [2.05, 4.69) is 33.0 Å². The minimum Gasteiger partial charge on any atom is -0.460 e. The van der Waals surface area contributed by atoms with Crippen molar-refractivity contribution in [1.29, 1.82) is 0 Å². The van der Waals surface area contributed by atoms with Gasteiger partial charge in [-0.15, -0.1) is 0 Å². The van der Waals surface area contributed by atoms with E-state index in [9.17, 15) is 19.8 Å². The fraction of sp³-hybridized carbons (Fsp3) is 0.771. The predicted octanol–water partition coefficient (Wildman–Crippen LogP) is 5.89. The van der Waals surface area contributed by atoms with Crippen molar-refractivity contribution in [1.82, 2.24) is 5.32 Å². The minimum atomic E-state index is -0.419. The summed E-state index contributed by atoms with van der Waals surface area (Å²) in [4.78, 5) is 24.7. The number of hydrogen-bond donors (Lipinski definition) is 3. The summed E-state index contributed by atoms with van der Waals surface area (Å²) in [6, 6.07) is 9.54. The number of hydrogen-bond acceptors (Lipinski definition) is 5. The van der Waals surface area contributed by atoms with Crippen LogP contribution in [0.3, 0.4) is 0 Å². The van der Waals surface area contributed by atoms with Crippen LogP contribution in [0.2, 0.25) is 0 Å². The number of carbonyl (C=O) groups excluding carboxylic acids is 2. The lowest BCUT2D eigenvalue weighted by Gasteiger charge is -2.64. The molecule has 6 heteroatoms. The molecule has 0 radical (unpaired) electrons. The van der Waals surface area contributed by atoms with Crippen LogP contribution >= 0.6 is 0 Å². The Kier molecular flexibility index (Phi) is 9.21. The van der Waals surface area contributed by atoms with Gasteiger partial charge in [-0.1, -0.05) is 64.4 Å². The zero-order valence-corrected chi connectivity index (χ0v) is 25.7. The second-order valence-corrected chi connectivity index (χ2v) is 14.6. The molecule has 1 amide bonds. The number of amides is 1. The van der Waals surface area contributed by atoms with Crippen LogP contribution in [-0.4, -0.2) is 40.8 Å². The summed E-state index contributed by atoms with van der Waals surface area (Å²) in [5.74, 6) is 2.55. The van der Waals surface area contributed by atoms with E-state index in [1.54, 1.807) is 0 Å². The molecule has 1 aromatic rings. The molecule has 1 aromatic carbocycles. The van der Waals surface area contributed by atoms with Gasteiger partial charge in [0.15, 0.2) is 0 Å². The van der Waals surface area contributed by atoms with Crippen molar-refractivity contribution in [2.45, 2.75) is 111 Å². The lowest BCUT2D eigenvalue weighted by atomic mass is 9.41. The van der Waals surface area contributed by atoms with Crippen LogP contribution in [0.1, 0.15) is 97.5 Å². The Hall–Kier alpha value is -1.92. The monoisotopic (exact) mass is 567 g/mol. The van der Waals surface area contributed by atoms with E-state index in [4.69, 9.17) is 4.74 Å². The number of nitrogens with one attached hydrogen (secondary N) is 1. The van der Waals surface area contributed by atoms with Crippen molar-refractivity contribution in [3.05, 3.63) is 35.9 Å². The third-order valence-corrected chi connectivity index (χ3v) is 12.6. The van der Waals surface area contributed by atoms with Crippen molar-refractivity contribution in [2.75, 3.05) is 6.54 Å². The van der Waals surface area contributed by atoms with Crippen molar-refractivity contribution >= 4 is 11.9 Å². The Bertz CT molecular complexity index is 1060. The number of rotatable bonds is 9. The van der Waals surface area contributed by atoms with E-state index in [1.807, 2.05) is 30.3 Å². The standard InChI is InChI=1S/C35H53NO5/c1-5-25-29-19-24(37)15-17-35(29,4)28-16-18-34(3)26(12-13-27(34)32(28)33(25)40)22(2)11-14-30(38)36-20-31(39)41-21-23-9-7-6-8-10-23/h6-10,22,24-29,32-33,37,40H,5,11-21H2,1-4H3,(H,36,38)/t22-,24-,25-,26-,27+,28?,29?,32+,33-,34-,35-/m1/s1. The van der Waals surface area contributed by atoms with Gasteiger partial charge < -0.3 is 20.3 Å². The molecule has 4 aliphatic rings. The third-order valence-electron chi connectivity index (χ3n) is 12.6. The number of fused-ring (bicyclic) bond motifs is 5. The topological polar surface area (TPSA) is 95.9 Å². The number of esters is 1. The highest BCUT2D eigenvalue weighted by molar-refractivity contribution is 5.81. The van der Waals surface area contributed by atoms with Gasteiger partial charge in [0.1, 0.15) is 13.2 Å². The first-order chi connectivity index (χ1) is 19.6. The van der Waals surface area contributed by atoms with Crippen LogP contribution in [0, 0.1) is 52.3 Å². The molecular weight excluding hydrogens is 514 g/mol. The van der Waals surface area contributed by atoms with E-state index >= 15 is 0 Å². The van der Waals surface area contributed by atoms with Crippen LogP contribution in [0.25, 0.3) is 0 Å². The highest BCUT2D eigenvalue weighted by Crippen LogP contribution is 2.69. The first kappa shape index (κ1) is 30.5. The summed E-state index contributed by atoms with van der Waals surface area (Å²) in [5, 5.41) is 25.2. The zero-order chi connectivity index (χ0) is 29.4. The number of carbonyl (C=O) groups is 2. The van der Waals surface area contributed by atoms with Crippen molar-refractivity contribution in [3.63, 3.8) is 0 Å². The Balaban J connectivity index is 1.16. The molecule has 0 heterocycles. The maximum Gasteiger partial charge on any atom is 0.325 e. The zero-order valence-electron chi connectivity index (χ0n) is 25.7. The summed E-state index contributed by atoms with van der Waals surface area (Å²) in [7, 11) is 0. The molecule has 2 unspecified atom stereocenters. The second-order valence-electron chi connectivity index (χ2n) is 14.6. The highest BCUT2D eigenvalue weighted by Gasteiger charge is 2.64. The van der Waals surface area contributed by atoms with Gasteiger partial charge in [-0.3, -0.25) is 9.59 Å². The number of ether oxygens (including phenoxy) is 1. The van der Waals surface area contributed by atoms with E-state index in [1.165, 1.54) is 25.7 Å². The van der Waals surface area contributed by atoms with Gasteiger partial charge in [0.2, 0.25) is 5.91 Å². The Morgan fingerprint density at radius 2 is 1.71 bits per heavy atom. The molecule has 0 aromatic heterocycles. The van der Waals surface area contributed by atoms with Gasteiger partial charge in [-0.2, -0.15) is 0 Å². The lowest BCUT2D eigenvalue weighted by molar-refractivity contribution is -0.203. The van der Waals surface area contributed by atoms with E-state index < -0.39 is 5.97 Å². The fourth-order valence-corrected chi connectivity index (χ4v) is 10.5. The first-order valence-electron chi connectivity index (χ1n) is 16.4. The molecule has 0 saturated heterocycles. The third kappa shape index (κ3) is 5.85. The van der Waals surface area contributed by atoms with Crippen LogP contribution in [0.15, 0.2) is 30.3 Å². The second kappa shape index (κ2) is 12.4. The molecule has 3 N–H and O–H groups in total. The Morgan fingerprint density at radius 1 is 1.00 bits per heavy atom. The van der Waals surface area contributed by atoms with Crippen LogP contribution in [0.5, 0.6) is 0 Å². The van der Waals surface area contributed by atoms with Crippen molar-refractivity contribution in [3.8, 4) is 0 Å². The van der Waals surface area contributed by atoms with E-state index in [0.29, 0.717) is 41.9 Å². The summed E-state index contributed by atoms with van der Waals surface area (Å²) in [6.45, 7) is 9.62. The summed E-state index contributed by atoms with van der Waals surface area (Å²) < 4.78 is 5.28. The summed E-state index contributed by atoms with van der Waals surface area (Å²) >= 11 is 0. The van der Waals surface area contributed by atoms with Gasteiger partial charge in [0, 0.05) is 6.42 Å². The van der Waals surface area contributed by atoms with Gasteiger partial charge in [-0.05, 0) is 109 Å². The summed E-state index contributed by atoms with van der Waals surface area (Å²) in [6.07, 6.45) is 9.25. The maximum absolute atomic E-state index is 12.6. The largest absolute Gasteiger partial charge is 0.460 e. The smallest absolute Gasteiger partial charge is 0.325 e. The SMILES string of the molecule is CC[C@@H]1C2C[C@H](O)CC[C@]2(C)C2CC[C@]3(C)[C@@H]([C@H](C)CCC(=O)NCC(=O)OCc4ccccc4)CC[C@H]3[C@@H]2[C@@H]1O. The Labute approximate surface area is 247 Å².